The average Bonchev–Trinajstić information content (AvgIpc) is 2.95. The number of nitrogens with one attached hydrogen (secondary N) is 1. The SMILES string of the molecule is Cc1cc(C)n2c(NC3CCCCC3)c(-c3ccccn3)nc2c1. The second-order valence-corrected chi connectivity index (χ2v) is 6.87. The highest BCUT2D eigenvalue weighted by molar-refractivity contribution is 5.75. The van der Waals surface area contributed by atoms with Crippen LogP contribution in [0.25, 0.3) is 17.0 Å². The van der Waals surface area contributed by atoms with E-state index in [2.05, 4.69) is 40.7 Å². The van der Waals surface area contributed by atoms with Crippen LogP contribution in [0.4, 0.5) is 5.82 Å². The molecule has 0 radical (unpaired) electrons. The van der Waals surface area contributed by atoms with Gasteiger partial charge in [0.05, 0.1) is 5.69 Å². The zero-order valence-electron chi connectivity index (χ0n) is 14.4. The van der Waals surface area contributed by atoms with Gasteiger partial charge in [0.1, 0.15) is 17.2 Å². The lowest BCUT2D eigenvalue weighted by atomic mass is 9.95. The Morgan fingerprint density at radius 2 is 1.92 bits per heavy atom. The van der Waals surface area contributed by atoms with Crippen LogP contribution >= 0.6 is 0 Å². The van der Waals surface area contributed by atoms with Gasteiger partial charge in [0, 0.05) is 17.9 Å². The lowest BCUT2D eigenvalue weighted by Crippen LogP contribution is -2.23. The standard InChI is InChI=1S/C20H24N4/c1-14-12-15(2)24-18(13-14)23-19(17-10-6-7-11-21-17)20(24)22-16-8-4-3-5-9-16/h6-7,10-13,16,22H,3-5,8-9H2,1-2H3. The van der Waals surface area contributed by atoms with Crippen molar-refractivity contribution >= 4 is 11.5 Å². The van der Waals surface area contributed by atoms with Crippen molar-refractivity contribution in [1.82, 2.24) is 14.4 Å². The summed E-state index contributed by atoms with van der Waals surface area (Å²) < 4.78 is 2.24. The van der Waals surface area contributed by atoms with Crippen molar-refractivity contribution < 1.29 is 0 Å². The molecular formula is C20H24N4. The third kappa shape index (κ3) is 2.77. The molecule has 124 valence electrons. The van der Waals surface area contributed by atoms with Crippen LogP contribution in [0.1, 0.15) is 43.4 Å². The van der Waals surface area contributed by atoms with E-state index in [0.29, 0.717) is 6.04 Å². The van der Waals surface area contributed by atoms with Crippen molar-refractivity contribution in [2.24, 2.45) is 0 Å². The Kier molecular flexibility index (Phi) is 3.97. The summed E-state index contributed by atoms with van der Waals surface area (Å²) in [4.78, 5) is 9.44. The van der Waals surface area contributed by atoms with Gasteiger partial charge in [-0.2, -0.15) is 0 Å². The number of pyridine rings is 2. The van der Waals surface area contributed by atoms with E-state index >= 15 is 0 Å². The van der Waals surface area contributed by atoms with E-state index in [1.54, 1.807) is 0 Å². The second-order valence-electron chi connectivity index (χ2n) is 6.87. The maximum atomic E-state index is 4.91. The van der Waals surface area contributed by atoms with Crippen molar-refractivity contribution in [3.05, 3.63) is 47.8 Å². The van der Waals surface area contributed by atoms with Crippen LogP contribution in [-0.4, -0.2) is 20.4 Å². The van der Waals surface area contributed by atoms with Crippen LogP contribution in [0.2, 0.25) is 0 Å². The fourth-order valence-electron chi connectivity index (χ4n) is 3.79. The molecule has 4 nitrogen and oxygen atoms in total. The minimum absolute atomic E-state index is 0.529. The number of hydrogen-bond acceptors (Lipinski definition) is 3. The highest BCUT2D eigenvalue weighted by Crippen LogP contribution is 2.31. The van der Waals surface area contributed by atoms with Gasteiger partial charge in [0.25, 0.3) is 0 Å². The first-order valence-corrected chi connectivity index (χ1v) is 8.90. The van der Waals surface area contributed by atoms with Crippen LogP contribution in [0, 0.1) is 13.8 Å². The maximum absolute atomic E-state index is 4.91. The third-order valence-electron chi connectivity index (χ3n) is 4.90. The van der Waals surface area contributed by atoms with E-state index in [1.807, 2.05) is 24.4 Å². The molecule has 24 heavy (non-hydrogen) atoms. The van der Waals surface area contributed by atoms with Gasteiger partial charge in [0.2, 0.25) is 0 Å². The van der Waals surface area contributed by atoms with Crippen molar-refractivity contribution in [2.75, 3.05) is 5.32 Å². The summed E-state index contributed by atoms with van der Waals surface area (Å²) in [5, 5.41) is 3.79. The van der Waals surface area contributed by atoms with Gasteiger partial charge in [0.15, 0.2) is 0 Å². The molecule has 3 aromatic rings. The summed E-state index contributed by atoms with van der Waals surface area (Å²) in [5.74, 6) is 1.09. The van der Waals surface area contributed by atoms with E-state index in [-0.39, 0.29) is 0 Å². The Balaban J connectivity index is 1.86. The summed E-state index contributed by atoms with van der Waals surface area (Å²) in [5.41, 5.74) is 5.32. The smallest absolute Gasteiger partial charge is 0.140 e. The fourth-order valence-corrected chi connectivity index (χ4v) is 3.79. The monoisotopic (exact) mass is 320 g/mol. The summed E-state index contributed by atoms with van der Waals surface area (Å²) in [6.45, 7) is 4.27. The number of aromatic nitrogens is 3. The summed E-state index contributed by atoms with van der Waals surface area (Å²) in [7, 11) is 0. The molecule has 3 aromatic heterocycles. The van der Waals surface area contributed by atoms with Crippen LogP contribution in [0.3, 0.4) is 0 Å². The number of fused-ring (bicyclic) bond motifs is 1. The largest absolute Gasteiger partial charge is 0.367 e. The molecule has 3 heterocycles. The average molecular weight is 320 g/mol. The zero-order valence-corrected chi connectivity index (χ0v) is 14.4. The minimum Gasteiger partial charge on any atom is -0.367 e. The van der Waals surface area contributed by atoms with Gasteiger partial charge >= 0.3 is 0 Å². The van der Waals surface area contributed by atoms with Crippen LogP contribution < -0.4 is 5.32 Å². The molecule has 0 atom stereocenters. The van der Waals surface area contributed by atoms with E-state index in [4.69, 9.17) is 4.98 Å². The highest BCUT2D eigenvalue weighted by Gasteiger charge is 2.21. The van der Waals surface area contributed by atoms with Gasteiger partial charge in [-0.3, -0.25) is 9.38 Å². The third-order valence-corrected chi connectivity index (χ3v) is 4.90. The minimum atomic E-state index is 0.529. The Morgan fingerprint density at radius 3 is 2.67 bits per heavy atom. The Bertz CT molecular complexity index is 845. The topological polar surface area (TPSA) is 42.2 Å². The van der Waals surface area contributed by atoms with Crippen LogP contribution in [0.15, 0.2) is 36.5 Å². The first-order chi connectivity index (χ1) is 11.7. The van der Waals surface area contributed by atoms with Crippen LogP contribution in [-0.2, 0) is 0 Å². The molecule has 1 aliphatic rings. The molecule has 0 aromatic carbocycles. The Hall–Kier alpha value is -2.36. The number of rotatable bonds is 3. The molecule has 0 aliphatic heterocycles. The van der Waals surface area contributed by atoms with Gasteiger partial charge in [-0.25, -0.2) is 4.98 Å². The number of hydrogen-bond donors (Lipinski definition) is 1. The van der Waals surface area contributed by atoms with E-state index in [9.17, 15) is 0 Å². The van der Waals surface area contributed by atoms with Gasteiger partial charge in [-0.1, -0.05) is 25.3 Å². The predicted octanol–water partition coefficient (Wildman–Crippen LogP) is 4.76. The Labute approximate surface area is 143 Å². The quantitative estimate of drug-likeness (QED) is 0.756. The van der Waals surface area contributed by atoms with Crippen molar-refractivity contribution in [2.45, 2.75) is 52.0 Å². The molecule has 0 unspecified atom stereocenters. The van der Waals surface area contributed by atoms with E-state index < -0.39 is 0 Å². The normalized spacial score (nSPS) is 15.8. The first kappa shape index (κ1) is 15.2. The fraction of sp³-hybridized carbons (Fsp3) is 0.400. The summed E-state index contributed by atoms with van der Waals surface area (Å²) >= 11 is 0. The van der Waals surface area contributed by atoms with Crippen molar-refractivity contribution in [1.29, 1.82) is 0 Å². The number of nitrogens with zero attached hydrogens (tertiary/aromatic N) is 3. The molecule has 1 aliphatic carbocycles. The van der Waals surface area contributed by atoms with Gasteiger partial charge in [-0.05, 0) is 56.5 Å². The maximum Gasteiger partial charge on any atom is 0.140 e. The van der Waals surface area contributed by atoms with Crippen LogP contribution in [0.5, 0.6) is 0 Å². The molecule has 0 amide bonds. The number of anilines is 1. The van der Waals surface area contributed by atoms with Gasteiger partial charge in [-0.15, -0.1) is 0 Å². The summed E-state index contributed by atoms with van der Waals surface area (Å²) in [6.07, 6.45) is 8.29. The molecule has 4 rings (SSSR count). The number of imidazole rings is 1. The molecule has 0 saturated heterocycles. The van der Waals surface area contributed by atoms with Crippen molar-refractivity contribution in [3.8, 4) is 11.4 Å². The Morgan fingerprint density at radius 1 is 1.08 bits per heavy atom. The molecule has 1 fully saturated rings. The van der Waals surface area contributed by atoms with E-state index in [1.165, 1.54) is 43.4 Å². The van der Waals surface area contributed by atoms with E-state index in [0.717, 1.165) is 22.9 Å². The van der Waals surface area contributed by atoms with Gasteiger partial charge < -0.3 is 5.32 Å². The lowest BCUT2D eigenvalue weighted by molar-refractivity contribution is 0.461. The highest BCUT2D eigenvalue weighted by atomic mass is 15.2. The van der Waals surface area contributed by atoms with Crippen molar-refractivity contribution in [3.63, 3.8) is 0 Å². The molecule has 4 heteroatoms. The molecule has 1 saturated carbocycles. The molecule has 0 bridgehead atoms. The molecule has 0 spiro atoms. The summed E-state index contributed by atoms with van der Waals surface area (Å²) in [6, 6.07) is 10.9. The molecular weight excluding hydrogens is 296 g/mol. The lowest BCUT2D eigenvalue weighted by Gasteiger charge is -2.24. The molecule has 1 N–H and O–H groups in total. The second kappa shape index (κ2) is 6.27. The first-order valence-electron chi connectivity index (χ1n) is 8.90. The predicted molar refractivity (Wildman–Crippen MR) is 98.4 cm³/mol. The zero-order chi connectivity index (χ0) is 16.5. The number of aryl methyl sites for hydroxylation is 2.